The monoisotopic (exact) mass is 305 g/mol. The number of rotatable bonds is 3. The lowest BCUT2D eigenvalue weighted by Crippen LogP contribution is -2.41. The fourth-order valence-corrected chi connectivity index (χ4v) is 4.56. The second kappa shape index (κ2) is 5.20. The molecular formula is C15H19N3O2S. The lowest BCUT2D eigenvalue weighted by molar-refractivity contribution is 0.563. The minimum absolute atomic E-state index is 0.0545. The highest BCUT2D eigenvalue weighted by Gasteiger charge is 2.34. The van der Waals surface area contributed by atoms with Crippen LogP contribution in [-0.2, 0) is 23.0 Å². The number of aromatic nitrogens is 1. The summed E-state index contributed by atoms with van der Waals surface area (Å²) in [6.45, 7) is 2.24. The molecular weight excluding hydrogens is 286 g/mol. The minimum Gasteiger partial charge on any atom is -0.363 e. The third-order valence-electron chi connectivity index (χ3n) is 3.95. The van der Waals surface area contributed by atoms with Crippen molar-refractivity contribution in [3.8, 4) is 0 Å². The van der Waals surface area contributed by atoms with Crippen LogP contribution in [0.5, 0.6) is 0 Å². The molecule has 112 valence electrons. The number of aromatic amines is 1. The average Bonchev–Trinajstić information content (AvgIpc) is 2.96. The van der Waals surface area contributed by atoms with Crippen LogP contribution in [0.25, 0.3) is 0 Å². The van der Waals surface area contributed by atoms with E-state index in [-0.39, 0.29) is 10.9 Å². The van der Waals surface area contributed by atoms with Crippen molar-refractivity contribution >= 4 is 15.7 Å². The van der Waals surface area contributed by atoms with E-state index in [1.807, 2.05) is 31.2 Å². The molecule has 0 spiro atoms. The predicted molar refractivity (Wildman–Crippen MR) is 82.6 cm³/mol. The number of para-hydroxylation sites is 1. The molecule has 0 amide bonds. The first-order valence-electron chi connectivity index (χ1n) is 7.03. The third-order valence-corrected chi connectivity index (χ3v) is 5.86. The van der Waals surface area contributed by atoms with Crippen molar-refractivity contribution in [1.29, 1.82) is 0 Å². The van der Waals surface area contributed by atoms with Crippen LogP contribution in [0.2, 0.25) is 0 Å². The lowest BCUT2D eigenvalue weighted by atomic mass is 9.99. The van der Waals surface area contributed by atoms with E-state index in [4.69, 9.17) is 5.73 Å². The Kier molecular flexibility index (Phi) is 3.51. The first-order chi connectivity index (χ1) is 10.0. The van der Waals surface area contributed by atoms with Gasteiger partial charge >= 0.3 is 0 Å². The molecule has 1 aliphatic heterocycles. The van der Waals surface area contributed by atoms with Crippen LogP contribution >= 0.6 is 0 Å². The van der Waals surface area contributed by atoms with Crippen LogP contribution in [0.3, 0.4) is 0 Å². The van der Waals surface area contributed by atoms with Gasteiger partial charge in [-0.1, -0.05) is 18.2 Å². The Morgan fingerprint density at radius 3 is 2.86 bits per heavy atom. The van der Waals surface area contributed by atoms with Crippen molar-refractivity contribution in [3.63, 3.8) is 0 Å². The molecule has 21 heavy (non-hydrogen) atoms. The standard InChI is InChI=1S/C15H19N3O2S/c1-11-6-7-12-4-2-3-5-15(12)18(11)21(19,20)14-8-13(9-16)17-10-14/h2-5,8,10-11,17H,6-7,9,16H2,1H3. The smallest absolute Gasteiger partial charge is 0.266 e. The second-order valence-electron chi connectivity index (χ2n) is 5.38. The number of benzene rings is 1. The van der Waals surface area contributed by atoms with Gasteiger partial charge in [-0.3, -0.25) is 4.31 Å². The highest BCUT2D eigenvalue weighted by atomic mass is 32.2. The lowest BCUT2D eigenvalue weighted by Gasteiger charge is -2.35. The van der Waals surface area contributed by atoms with E-state index in [0.717, 1.165) is 24.1 Å². The van der Waals surface area contributed by atoms with E-state index >= 15 is 0 Å². The Labute approximate surface area is 124 Å². The number of H-pyrrole nitrogens is 1. The maximum absolute atomic E-state index is 13.0. The van der Waals surface area contributed by atoms with Gasteiger partial charge in [-0.25, -0.2) is 8.42 Å². The summed E-state index contributed by atoms with van der Waals surface area (Å²) in [5.41, 5.74) is 8.13. The average molecular weight is 305 g/mol. The fourth-order valence-electron chi connectivity index (χ4n) is 2.82. The van der Waals surface area contributed by atoms with Gasteiger partial charge in [0.1, 0.15) is 4.90 Å². The predicted octanol–water partition coefficient (Wildman–Crippen LogP) is 2.00. The third kappa shape index (κ3) is 2.34. The normalized spacial score (nSPS) is 18.6. The van der Waals surface area contributed by atoms with Crippen molar-refractivity contribution in [2.75, 3.05) is 4.31 Å². The molecule has 0 bridgehead atoms. The van der Waals surface area contributed by atoms with Crippen LogP contribution in [0, 0.1) is 0 Å². The van der Waals surface area contributed by atoms with E-state index in [9.17, 15) is 8.42 Å². The molecule has 1 atom stereocenters. The molecule has 0 saturated heterocycles. The van der Waals surface area contributed by atoms with Gasteiger partial charge in [0.15, 0.2) is 0 Å². The fraction of sp³-hybridized carbons (Fsp3) is 0.333. The van der Waals surface area contributed by atoms with Crippen molar-refractivity contribution in [1.82, 2.24) is 4.98 Å². The number of nitrogens with zero attached hydrogens (tertiary/aromatic N) is 1. The summed E-state index contributed by atoms with van der Waals surface area (Å²) in [6, 6.07) is 9.25. The summed E-state index contributed by atoms with van der Waals surface area (Å²) in [6.07, 6.45) is 3.25. The highest BCUT2D eigenvalue weighted by molar-refractivity contribution is 7.92. The summed E-state index contributed by atoms with van der Waals surface area (Å²) in [4.78, 5) is 3.18. The summed E-state index contributed by atoms with van der Waals surface area (Å²) in [5, 5.41) is 0. The Bertz CT molecular complexity index is 752. The number of hydrogen-bond donors (Lipinski definition) is 2. The number of aryl methyl sites for hydroxylation is 1. The topological polar surface area (TPSA) is 79.2 Å². The number of sulfonamides is 1. The first kappa shape index (κ1) is 14.2. The Hall–Kier alpha value is -1.79. The van der Waals surface area contributed by atoms with Crippen molar-refractivity contribution in [3.05, 3.63) is 47.8 Å². The second-order valence-corrected chi connectivity index (χ2v) is 7.20. The van der Waals surface area contributed by atoms with Gasteiger partial charge in [0.2, 0.25) is 0 Å². The van der Waals surface area contributed by atoms with E-state index < -0.39 is 10.0 Å². The van der Waals surface area contributed by atoms with Crippen LogP contribution < -0.4 is 10.0 Å². The van der Waals surface area contributed by atoms with Gasteiger partial charge in [-0.05, 0) is 37.5 Å². The molecule has 2 heterocycles. The zero-order valence-corrected chi connectivity index (χ0v) is 12.7. The molecule has 1 aromatic carbocycles. The van der Waals surface area contributed by atoms with Crippen molar-refractivity contribution in [2.45, 2.75) is 37.2 Å². The van der Waals surface area contributed by atoms with E-state index in [1.54, 1.807) is 6.07 Å². The minimum atomic E-state index is -3.57. The number of anilines is 1. The molecule has 0 radical (unpaired) electrons. The van der Waals surface area contributed by atoms with E-state index in [1.165, 1.54) is 10.5 Å². The van der Waals surface area contributed by atoms with Gasteiger partial charge in [-0.2, -0.15) is 0 Å². The number of hydrogen-bond acceptors (Lipinski definition) is 3. The summed E-state index contributed by atoms with van der Waals surface area (Å²) in [7, 11) is -3.57. The van der Waals surface area contributed by atoms with Crippen molar-refractivity contribution in [2.24, 2.45) is 5.73 Å². The van der Waals surface area contributed by atoms with Gasteiger partial charge in [0, 0.05) is 24.5 Å². The van der Waals surface area contributed by atoms with Gasteiger partial charge < -0.3 is 10.7 Å². The number of nitrogens with one attached hydrogen (secondary N) is 1. The van der Waals surface area contributed by atoms with Crippen LogP contribution in [0.15, 0.2) is 41.4 Å². The molecule has 5 nitrogen and oxygen atoms in total. The molecule has 0 fully saturated rings. The van der Waals surface area contributed by atoms with Gasteiger partial charge in [0.25, 0.3) is 10.0 Å². The number of fused-ring (bicyclic) bond motifs is 1. The maximum Gasteiger partial charge on any atom is 0.266 e. The Morgan fingerprint density at radius 1 is 1.38 bits per heavy atom. The van der Waals surface area contributed by atoms with Gasteiger partial charge in [0.05, 0.1) is 5.69 Å². The van der Waals surface area contributed by atoms with Gasteiger partial charge in [-0.15, -0.1) is 0 Å². The zero-order chi connectivity index (χ0) is 15.0. The molecule has 6 heteroatoms. The molecule has 1 aliphatic rings. The zero-order valence-electron chi connectivity index (χ0n) is 11.9. The van der Waals surface area contributed by atoms with Crippen LogP contribution in [0.1, 0.15) is 24.6 Å². The maximum atomic E-state index is 13.0. The molecule has 3 N–H and O–H groups in total. The molecule has 0 aliphatic carbocycles. The molecule has 1 aromatic heterocycles. The number of nitrogens with two attached hydrogens (primary N) is 1. The Balaban J connectivity index is 2.09. The summed E-state index contributed by atoms with van der Waals surface area (Å²) in [5.74, 6) is 0. The molecule has 0 saturated carbocycles. The summed E-state index contributed by atoms with van der Waals surface area (Å²) >= 11 is 0. The highest BCUT2D eigenvalue weighted by Crippen LogP contribution is 2.35. The van der Waals surface area contributed by atoms with Crippen LogP contribution in [0.4, 0.5) is 5.69 Å². The Morgan fingerprint density at radius 2 is 2.14 bits per heavy atom. The first-order valence-corrected chi connectivity index (χ1v) is 8.47. The van der Waals surface area contributed by atoms with E-state index in [2.05, 4.69) is 4.98 Å². The van der Waals surface area contributed by atoms with E-state index in [0.29, 0.717) is 12.2 Å². The van der Waals surface area contributed by atoms with Crippen LogP contribution in [-0.4, -0.2) is 19.4 Å². The quantitative estimate of drug-likeness (QED) is 0.910. The molecule has 3 rings (SSSR count). The van der Waals surface area contributed by atoms with Crippen molar-refractivity contribution < 1.29 is 8.42 Å². The molecule has 1 unspecified atom stereocenters. The summed E-state index contributed by atoms with van der Waals surface area (Å²) < 4.78 is 27.4. The largest absolute Gasteiger partial charge is 0.363 e. The SMILES string of the molecule is CC1CCc2ccccc2N1S(=O)(=O)c1c[nH]c(CN)c1. The molecule has 2 aromatic rings.